The summed E-state index contributed by atoms with van der Waals surface area (Å²) in [6.07, 6.45) is 5.00. The van der Waals surface area contributed by atoms with Crippen LogP contribution in [0.5, 0.6) is 5.88 Å². The molecule has 0 spiro atoms. The van der Waals surface area contributed by atoms with Gasteiger partial charge in [-0.15, -0.1) is 5.10 Å². The molecule has 0 aromatic carbocycles. The second-order valence-corrected chi connectivity index (χ2v) is 6.12. The van der Waals surface area contributed by atoms with Gasteiger partial charge in [0.05, 0.1) is 5.69 Å². The molecule has 106 valence electrons. The molecular weight excluding hydrogens is 238 g/mol. The van der Waals surface area contributed by atoms with Crippen LogP contribution < -0.4 is 10.1 Å². The molecule has 1 aliphatic carbocycles. The van der Waals surface area contributed by atoms with Gasteiger partial charge in [-0.1, -0.05) is 20.8 Å². The molecule has 0 bridgehead atoms. The molecule has 1 fully saturated rings. The number of hydrogen-bond donors (Lipinski definition) is 1. The van der Waals surface area contributed by atoms with E-state index in [1.807, 2.05) is 12.1 Å². The quantitative estimate of drug-likeness (QED) is 0.887. The first-order valence-corrected chi connectivity index (χ1v) is 7.29. The minimum atomic E-state index is 0.307. The Balaban J connectivity index is 1.83. The highest BCUT2D eigenvalue weighted by Gasteiger charge is 2.27. The standard InChI is InChI=1S/C15H25N3O/c1-4-16-11-12-5-6-14(18-17-12)19-13-7-9-15(2,3)10-8-13/h5-6,13,16H,4,7-11H2,1-3H3. The molecule has 1 aromatic heterocycles. The smallest absolute Gasteiger partial charge is 0.233 e. The van der Waals surface area contributed by atoms with E-state index in [2.05, 4.69) is 36.3 Å². The molecule has 0 amide bonds. The summed E-state index contributed by atoms with van der Waals surface area (Å²) in [5.41, 5.74) is 1.43. The molecule has 1 heterocycles. The molecule has 0 saturated heterocycles. The van der Waals surface area contributed by atoms with Crippen LogP contribution in [0.3, 0.4) is 0 Å². The van der Waals surface area contributed by atoms with Gasteiger partial charge in [0.25, 0.3) is 0 Å². The molecule has 1 aromatic rings. The van der Waals surface area contributed by atoms with E-state index in [1.54, 1.807) is 0 Å². The lowest BCUT2D eigenvalue weighted by Gasteiger charge is -2.33. The van der Waals surface area contributed by atoms with E-state index in [4.69, 9.17) is 4.74 Å². The van der Waals surface area contributed by atoms with E-state index in [9.17, 15) is 0 Å². The highest BCUT2D eigenvalue weighted by atomic mass is 16.5. The summed E-state index contributed by atoms with van der Waals surface area (Å²) >= 11 is 0. The number of hydrogen-bond acceptors (Lipinski definition) is 4. The minimum Gasteiger partial charge on any atom is -0.473 e. The van der Waals surface area contributed by atoms with Crippen molar-refractivity contribution in [3.63, 3.8) is 0 Å². The van der Waals surface area contributed by atoms with Crippen LogP contribution in [0, 0.1) is 5.41 Å². The van der Waals surface area contributed by atoms with Crippen LogP contribution in [0.25, 0.3) is 0 Å². The van der Waals surface area contributed by atoms with E-state index in [-0.39, 0.29) is 0 Å². The van der Waals surface area contributed by atoms with Gasteiger partial charge in [0.15, 0.2) is 0 Å². The van der Waals surface area contributed by atoms with Gasteiger partial charge in [0, 0.05) is 12.6 Å². The molecule has 4 heteroatoms. The van der Waals surface area contributed by atoms with E-state index in [1.165, 1.54) is 12.8 Å². The molecule has 0 radical (unpaired) electrons. The number of nitrogens with zero attached hydrogens (tertiary/aromatic N) is 2. The first kappa shape index (κ1) is 14.3. The first-order chi connectivity index (χ1) is 9.09. The van der Waals surface area contributed by atoms with Crippen LogP contribution in [0.1, 0.15) is 52.1 Å². The molecule has 4 nitrogen and oxygen atoms in total. The Labute approximate surface area is 116 Å². The summed E-state index contributed by atoms with van der Waals surface area (Å²) in [6.45, 7) is 8.45. The maximum atomic E-state index is 5.91. The lowest BCUT2D eigenvalue weighted by Crippen LogP contribution is -2.28. The second kappa shape index (κ2) is 6.33. The van der Waals surface area contributed by atoms with E-state index in [0.717, 1.165) is 31.6 Å². The van der Waals surface area contributed by atoms with Gasteiger partial charge >= 0.3 is 0 Å². The SMILES string of the molecule is CCNCc1ccc(OC2CCC(C)(C)CC2)nn1. The van der Waals surface area contributed by atoms with Gasteiger partial charge in [0.2, 0.25) is 5.88 Å². The van der Waals surface area contributed by atoms with Gasteiger partial charge < -0.3 is 10.1 Å². The topological polar surface area (TPSA) is 47.0 Å². The van der Waals surface area contributed by atoms with E-state index >= 15 is 0 Å². The van der Waals surface area contributed by atoms with Gasteiger partial charge in [0.1, 0.15) is 6.10 Å². The number of nitrogens with one attached hydrogen (secondary N) is 1. The van der Waals surface area contributed by atoms with Crippen molar-refractivity contribution in [3.8, 4) is 5.88 Å². The molecule has 2 rings (SSSR count). The van der Waals surface area contributed by atoms with Crippen molar-refractivity contribution < 1.29 is 4.74 Å². The van der Waals surface area contributed by atoms with Crippen LogP contribution in [0.15, 0.2) is 12.1 Å². The van der Waals surface area contributed by atoms with Crippen LogP contribution in [0.4, 0.5) is 0 Å². The monoisotopic (exact) mass is 263 g/mol. The van der Waals surface area contributed by atoms with Crippen molar-refractivity contribution in [1.82, 2.24) is 15.5 Å². The number of aromatic nitrogens is 2. The lowest BCUT2D eigenvalue weighted by molar-refractivity contribution is 0.0939. The molecule has 1 saturated carbocycles. The maximum Gasteiger partial charge on any atom is 0.233 e. The van der Waals surface area contributed by atoms with Crippen molar-refractivity contribution >= 4 is 0 Å². The van der Waals surface area contributed by atoms with E-state index < -0.39 is 0 Å². The van der Waals surface area contributed by atoms with Crippen molar-refractivity contribution in [1.29, 1.82) is 0 Å². The zero-order valence-corrected chi connectivity index (χ0v) is 12.3. The molecule has 19 heavy (non-hydrogen) atoms. The Bertz CT molecular complexity index is 379. The van der Waals surface area contributed by atoms with Crippen LogP contribution in [-0.2, 0) is 6.54 Å². The third-order valence-electron chi connectivity index (χ3n) is 3.83. The Hall–Kier alpha value is -1.16. The van der Waals surface area contributed by atoms with Crippen LogP contribution in [0.2, 0.25) is 0 Å². The highest BCUT2D eigenvalue weighted by Crippen LogP contribution is 2.36. The van der Waals surface area contributed by atoms with Gasteiger partial charge in [-0.25, -0.2) is 0 Å². The van der Waals surface area contributed by atoms with Crippen molar-refractivity contribution in [2.24, 2.45) is 5.41 Å². The summed E-state index contributed by atoms with van der Waals surface area (Å²) in [4.78, 5) is 0. The maximum absolute atomic E-state index is 5.91. The van der Waals surface area contributed by atoms with Crippen LogP contribution in [-0.4, -0.2) is 22.8 Å². The minimum absolute atomic E-state index is 0.307. The number of ether oxygens (including phenoxy) is 1. The van der Waals surface area contributed by atoms with Crippen LogP contribution >= 0.6 is 0 Å². The predicted molar refractivity (Wildman–Crippen MR) is 76.1 cm³/mol. The molecular formula is C15H25N3O. The van der Waals surface area contributed by atoms with Gasteiger partial charge in [-0.05, 0) is 43.7 Å². The van der Waals surface area contributed by atoms with Gasteiger partial charge in [-0.3, -0.25) is 0 Å². The van der Waals surface area contributed by atoms with Crippen molar-refractivity contribution in [2.75, 3.05) is 6.54 Å². The Kier molecular flexibility index (Phi) is 4.75. The largest absolute Gasteiger partial charge is 0.473 e. The van der Waals surface area contributed by atoms with Gasteiger partial charge in [-0.2, -0.15) is 5.10 Å². The van der Waals surface area contributed by atoms with Crippen molar-refractivity contribution in [3.05, 3.63) is 17.8 Å². The Morgan fingerprint density at radius 1 is 1.26 bits per heavy atom. The fourth-order valence-electron chi connectivity index (χ4n) is 2.42. The highest BCUT2D eigenvalue weighted by molar-refractivity contribution is 5.11. The third kappa shape index (κ3) is 4.46. The first-order valence-electron chi connectivity index (χ1n) is 7.29. The zero-order chi connectivity index (χ0) is 13.7. The molecule has 1 aliphatic rings. The fourth-order valence-corrected chi connectivity index (χ4v) is 2.42. The normalized spacial score (nSPS) is 19.3. The van der Waals surface area contributed by atoms with Crippen molar-refractivity contribution in [2.45, 2.75) is 59.1 Å². The summed E-state index contributed by atoms with van der Waals surface area (Å²) in [5, 5.41) is 11.6. The molecule has 1 N–H and O–H groups in total. The average molecular weight is 263 g/mol. The summed E-state index contributed by atoms with van der Waals surface area (Å²) in [5.74, 6) is 0.657. The number of rotatable bonds is 5. The Morgan fingerprint density at radius 3 is 2.58 bits per heavy atom. The second-order valence-electron chi connectivity index (χ2n) is 6.12. The third-order valence-corrected chi connectivity index (χ3v) is 3.83. The molecule has 0 unspecified atom stereocenters. The Morgan fingerprint density at radius 2 is 2.00 bits per heavy atom. The average Bonchev–Trinajstić information content (AvgIpc) is 2.40. The lowest BCUT2D eigenvalue weighted by atomic mass is 9.76. The molecule has 0 aliphatic heterocycles. The van der Waals surface area contributed by atoms with E-state index in [0.29, 0.717) is 17.4 Å². The zero-order valence-electron chi connectivity index (χ0n) is 12.3. The molecule has 0 atom stereocenters. The summed E-state index contributed by atoms with van der Waals surface area (Å²) in [7, 11) is 0. The predicted octanol–water partition coefficient (Wildman–Crippen LogP) is 2.93. The summed E-state index contributed by atoms with van der Waals surface area (Å²) in [6, 6.07) is 3.91. The fraction of sp³-hybridized carbons (Fsp3) is 0.733. The summed E-state index contributed by atoms with van der Waals surface area (Å²) < 4.78 is 5.91.